The predicted octanol–water partition coefficient (Wildman–Crippen LogP) is 5.20. The predicted molar refractivity (Wildman–Crippen MR) is 145 cm³/mol. The minimum atomic E-state index is -0.675. The number of carbonyl (C=O) groups excluding carboxylic acids is 4. The molecular formula is C21H19I3N2O6. The number of benzene rings is 2. The average Bonchev–Trinajstić information content (AvgIpc) is 2.68. The Morgan fingerprint density at radius 1 is 0.781 bits per heavy atom. The highest BCUT2D eigenvalue weighted by Crippen LogP contribution is 2.39. The van der Waals surface area contributed by atoms with E-state index in [2.05, 4.69) is 10.6 Å². The largest absolute Gasteiger partial charge is 0.459 e. The summed E-state index contributed by atoms with van der Waals surface area (Å²) in [6.07, 6.45) is -0.249. The summed E-state index contributed by atoms with van der Waals surface area (Å²) in [5, 5.41) is 5.42. The van der Waals surface area contributed by atoms with Crippen molar-refractivity contribution in [2.75, 3.05) is 10.6 Å². The van der Waals surface area contributed by atoms with E-state index in [0.29, 0.717) is 27.6 Å². The van der Waals surface area contributed by atoms with Crippen molar-refractivity contribution in [1.82, 2.24) is 0 Å². The number of esters is 2. The maximum absolute atomic E-state index is 13.1. The van der Waals surface area contributed by atoms with Crippen LogP contribution in [0.1, 0.15) is 48.4 Å². The highest BCUT2D eigenvalue weighted by molar-refractivity contribution is 14.1. The monoisotopic (exact) mass is 776 g/mol. The second-order valence-corrected chi connectivity index (χ2v) is 10.0. The highest BCUT2D eigenvalue weighted by atomic mass is 127. The van der Waals surface area contributed by atoms with Crippen molar-refractivity contribution in [3.63, 3.8) is 0 Å². The molecule has 2 aromatic carbocycles. The van der Waals surface area contributed by atoms with Gasteiger partial charge in [-0.25, -0.2) is 9.59 Å². The van der Waals surface area contributed by atoms with E-state index in [9.17, 15) is 19.2 Å². The molecule has 0 bridgehead atoms. The fourth-order valence-corrected chi connectivity index (χ4v) is 6.66. The summed E-state index contributed by atoms with van der Waals surface area (Å²) in [7, 11) is 0. The van der Waals surface area contributed by atoms with Crippen molar-refractivity contribution in [2.24, 2.45) is 0 Å². The topological polar surface area (TPSA) is 111 Å². The van der Waals surface area contributed by atoms with Crippen LogP contribution >= 0.6 is 67.8 Å². The van der Waals surface area contributed by atoms with Crippen molar-refractivity contribution in [3.8, 4) is 5.75 Å². The lowest BCUT2D eigenvalue weighted by atomic mass is 10.1. The molecule has 0 aromatic heterocycles. The van der Waals surface area contributed by atoms with Gasteiger partial charge in [0.2, 0.25) is 11.8 Å². The molecule has 0 heterocycles. The molecule has 0 spiro atoms. The summed E-state index contributed by atoms with van der Waals surface area (Å²) in [5.41, 5.74) is 1.34. The van der Waals surface area contributed by atoms with E-state index in [4.69, 9.17) is 9.47 Å². The zero-order valence-electron chi connectivity index (χ0n) is 17.5. The van der Waals surface area contributed by atoms with Gasteiger partial charge in [0.05, 0.1) is 39.3 Å². The Balaban J connectivity index is 2.43. The SMILES string of the molecule is CC(=O)Nc1c(I)c(NC(C)=O)c(I)c(C(=O)Oc2ccc(C(=O)OC(C)C)cc2)c1I. The molecule has 0 saturated heterocycles. The van der Waals surface area contributed by atoms with Gasteiger partial charge in [0, 0.05) is 13.8 Å². The molecule has 11 heteroatoms. The van der Waals surface area contributed by atoms with Crippen LogP contribution in [0.4, 0.5) is 11.4 Å². The van der Waals surface area contributed by atoms with E-state index in [-0.39, 0.29) is 29.2 Å². The van der Waals surface area contributed by atoms with E-state index in [0.717, 1.165) is 0 Å². The molecule has 0 unspecified atom stereocenters. The van der Waals surface area contributed by atoms with Crippen molar-refractivity contribution < 1.29 is 28.7 Å². The van der Waals surface area contributed by atoms with Gasteiger partial charge < -0.3 is 20.1 Å². The van der Waals surface area contributed by atoms with Crippen LogP contribution in [-0.4, -0.2) is 29.9 Å². The van der Waals surface area contributed by atoms with Gasteiger partial charge in [-0.1, -0.05) is 0 Å². The van der Waals surface area contributed by atoms with Gasteiger partial charge in [0.1, 0.15) is 5.75 Å². The summed E-state index contributed by atoms with van der Waals surface area (Å²) >= 11 is 5.93. The number of hydrogen-bond acceptors (Lipinski definition) is 6. The molecule has 0 aliphatic rings. The van der Waals surface area contributed by atoms with Gasteiger partial charge in [-0.2, -0.15) is 0 Å². The van der Waals surface area contributed by atoms with Gasteiger partial charge in [0.15, 0.2) is 0 Å². The Morgan fingerprint density at radius 2 is 1.25 bits per heavy atom. The van der Waals surface area contributed by atoms with Crippen LogP contribution in [0.5, 0.6) is 5.75 Å². The quantitative estimate of drug-likeness (QED) is 0.237. The molecule has 2 amide bonds. The number of ether oxygens (including phenoxy) is 2. The van der Waals surface area contributed by atoms with E-state index in [1.165, 1.54) is 38.1 Å². The maximum atomic E-state index is 13.1. The molecule has 0 atom stereocenters. The minimum absolute atomic E-state index is 0.197. The van der Waals surface area contributed by atoms with Crippen molar-refractivity contribution in [2.45, 2.75) is 33.8 Å². The first-order valence-electron chi connectivity index (χ1n) is 9.21. The zero-order valence-corrected chi connectivity index (χ0v) is 23.9. The van der Waals surface area contributed by atoms with E-state index in [1.807, 2.05) is 67.8 Å². The Hall–Kier alpha value is -1.49. The minimum Gasteiger partial charge on any atom is -0.459 e. The number of halogens is 3. The Kier molecular flexibility index (Phi) is 9.68. The summed E-state index contributed by atoms with van der Waals surface area (Å²) in [6, 6.07) is 5.99. The molecule has 0 radical (unpaired) electrons. The fraction of sp³-hybridized carbons (Fsp3) is 0.238. The Bertz CT molecular complexity index is 1040. The smallest absolute Gasteiger partial charge is 0.345 e. The van der Waals surface area contributed by atoms with Crippen LogP contribution in [-0.2, 0) is 14.3 Å². The average molecular weight is 776 g/mol. The lowest BCUT2D eigenvalue weighted by Gasteiger charge is -2.19. The Labute approximate surface area is 226 Å². The molecular weight excluding hydrogens is 757 g/mol. The second kappa shape index (κ2) is 11.6. The molecule has 8 nitrogen and oxygen atoms in total. The summed E-state index contributed by atoms with van der Waals surface area (Å²) < 4.78 is 12.2. The maximum Gasteiger partial charge on any atom is 0.345 e. The molecule has 0 fully saturated rings. The molecule has 170 valence electrons. The standard InChI is InChI=1S/C21H19I3N2O6/c1-9(2)31-20(29)12-5-7-13(8-6-12)32-21(30)14-15(22)18(25-10(3)27)17(24)19(16(14)23)26-11(4)28/h5-9H,1-4H3,(H,25,27)(H,26,28). The fourth-order valence-electron chi connectivity index (χ4n) is 2.51. The van der Waals surface area contributed by atoms with E-state index in [1.54, 1.807) is 13.8 Å². The second-order valence-electron chi connectivity index (χ2n) is 6.80. The van der Waals surface area contributed by atoms with Crippen molar-refractivity contribution >= 4 is 103 Å². The van der Waals surface area contributed by atoms with Crippen LogP contribution in [0.15, 0.2) is 24.3 Å². The molecule has 2 aromatic rings. The number of nitrogens with one attached hydrogen (secondary N) is 2. The van der Waals surface area contributed by atoms with Crippen LogP contribution < -0.4 is 15.4 Å². The van der Waals surface area contributed by atoms with Gasteiger partial charge in [0.25, 0.3) is 0 Å². The Morgan fingerprint density at radius 3 is 1.66 bits per heavy atom. The van der Waals surface area contributed by atoms with Gasteiger partial charge >= 0.3 is 11.9 Å². The van der Waals surface area contributed by atoms with Gasteiger partial charge in [-0.3, -0.25) is 9.59 Å². The lowest BCUT2D eigenvalue weighted by Crippen LogP contribution is -2.20. The molecule has 0 aliphatic heterocycles. The third-order valence-corrected chi connectivity index (χ3v) is 7.00. The van der Waals surface area contributed by atoms with Gasteiger partial charge in [-0.15, -0.1) is 0 Å². The summed E-state index contributed by atoms with van der Waals surface area (Å²) in [5.74, 6) is -1.56. The molecule has 2 rings (SSSR count). The number of carbonyl (C=O) groups is 4. The highest BCUT2D eigenvalue weighted by Gasteiger charge is 2.27. The number of rotatable bonds is 6. The first-order valence-corrected chi connectivity index (χ1v) is 12.4. The van der Waals surface area contributed by atoms with Crippen molar-refractivity contribution in [1.29, 1.82) is 0 Å². The third kappa shape index (κ3) is 6.76. The molecule has 32 heavy (non-hydrogen) atoms. The molecule has 2 N–H and O–H groups in total. The summed E-state index contributed by atoms with van der Waals surface area (Å²) in [4.78, 5) is 48.4. The van der Waals surface area contributed by atoms with E-state index >= 15 is 0 Å². The number of amides is 2. The van der Waals surface area contributed by atoms with Crippen LogP contribution in [0.3, 0.4) is 0 Å². The zero-order chi connectivity index (χ0) is 24.2. The lowest BCUT2D eigenvalue weighted by molar-refractivity contribution is -0.115. The first-order chi connectivity index (χ1) is 14.9. The third-order valence-electron chi connectivity index (χ3n) is 3.77. The normalized spacial score (nSPS) is 10.5. The van der Waals surface area contributed by atoms with E-state index < -0.39 is 11.9 Å². The molecule has 0 aliphatic carbocycles. The van der Waals surface area contributed by atoms with Crippen LogP contribution in [0.2, 0.25) is 0 Å². The summed E-state index contributed by atoms with van der Waals surface area (Å²) in [6.45, 7) is 6.21. The number of hydrogen-bond donors (Lipinski definition) is 2. The van der Waals surface area contributed by atoms with Gasteiger partial charge in [-0.05, 0) is 106 Å². The van der Waals surface area contributed by atoms with Crippen molar-refractivity contribution in [3.05, 3.63) is 46.1 Å². The van der Waals surface area contributed by atoms with Crippen LogP contribution in [0.25, 0.3) is 0 Å². The first kappa shape index (κ1) is 26.8. The molecule has 0 saturated carbocycles. The number of anilines is 2. The van der Waals surface area contributed by atoms with Crippen LogP contribution in [0, 0.1) is 10.7 Å².